The van der Waals surface area contributed by atoms with Crippen LogP contribution in [0.2, 0.25) is 5.02 Å². The Bertz CT molecular complexity index is 509. The summed E-state index contributed by atoms with van der Waals surface area (Å²) in [6.07, 6.45) is 4.95. The molecule has 0 spiro atoms. The molecule has 5 nitrogen and oxygen atoms in total. The molecule has 84 valence electrons. The molecule has 0 bridgehead atoms. The van der Waals surface area contributed by atoms with Gasteiger partial charge >= 0.3 is 0 Å². The molecule has 0 radical (unpaired) electrons. The van der Waals surface area contributed by atoms with Crippen LogP contribution in [0.15, 0.2) is 18.6 Å². The molecule has 0 aliphatic carbocycles. The van der Waals surface area contributed by atoms with Gasteiger partial charge in [-0.2, -0.15) is 10.2 Å². The second kappa shape index (κ2) is 4.09. The smallest absolute Gasteiger partial charge is 0.268 e. The Morgan fingerprint density at radius 3 is 2.69 bits per heavy atom. The van der Waals surface area contributed by atoms with Crippen LogP contribution in [0.25, 0.3) is 0 Å². The molecule has 16 heavy (non-hydrogen) atoms. The Kier molecular flexibility index (Phi) is 2.78. The quantitative estimate of drug-likeness (QED) is 0.800. The van der Waals surface area contributed by atoms with E-state index in [4.69, 9.17) is 11.6 Å². The second-order valence-corrected chi connectivity index (χ2v) is 4.02. The molecule has 0 aliphatic heterocycles. The van der Waals surface area contributed by atoms with Gasteiger partial charge in [0, 0.05) is 12.4 Å². The number of aromatic nitrogens is 4. The van der Waals surface area contributed by atoms with Gasteiger partial charge in [0.05, 0.1) is 16.9 Å². The van der Waals surface area contributed by atoms with Gasteiger partial charge in [-0.1, -0.05) is 11.6 Å². The number of aryl methyl sites for hydroxylation is 2. The van der Waals surface area contributed by atoms with Crippen LogP contribution in [0.5, 0.6) is 0 Å². The Labute approximate surface area is 97.6 Å². The molecule has 0 fully saturated rings. The van der Waals surface area contributed by atoms with Crippen LogP contribution >= 0.6 is 11.6 Å². The molecule has 2 rings (SSSR count). The first-order valence-corrected chi connectivity index (χ1v) is 5.18. The lowest BCUT2D eigenvalue weighted by Crippen LogP contribution is -2.18. The number of carbonyl (C=O) groups is 1. The van der Waals surface area contributed by atoms with Crippen LogP contribution in [0.1, 0.15) is 16.1 Å². The predicted molar refractivity (Wildman–Crippen MR) is 59.6 cm³/mol. The van der Waals surface area contributed by atoms with E-state index in [-0.39, 0.29) is 12.5 Å². The van der Waals surface area contributed by atoms with Crippen molar-refractivity contribution in [2.75, 3.05) is 0 Å². The third-order valence-electron chi connectivity index (χ3n) is 2.15. The number of nitrogens with zero attached hydrogens (tertiary/aromatic N) is 4. The third kappa shape index (κ3) is 2.14. The first-order valence-electron chi connectivity index (χ1n) is 4.80. The second-order valence-electron chi connectivity index (χ2n) is 3.62. The summed E-state index contributed by atoms with van der Waals surface area (Å²) in [4.78, 5) is 11.7. The van der Waals surface area contributed by atoms with Crippen LogP contribution in [0.3, 0.4) is 0 Å². The zero-order valence-electron chi connectivity index (χ0n) is 9.01. The summed E-state index contributed by atoms with van der Waals surface area (Å²) in [5.41, 5.74) is 1.66. The average molecular weight is 239 g/mol. The summed E-state index contributed by atoms with van der Waals surface area (Å²) in [7, 11) is 0. The van der Waals surface area contributed by atoms with Crippen molar-refractivity contribution in [2.45, 2.75) is 20.4 Å². The summed E-state index contributed by atoms with van der Waals surface area (Å²) in [6.45, 7) is 3.81. The van der Waals surface area contributed by atoms with E-state index >= 15 is 0 Å². The van der Waals surface area contributed by atoms with E-state index in [1.165, 1.54) is 9.36 Å². The van der Waals surface area contributed by atoms with Crippen molar-refractivity contribution in [1.29, 1.82) is 0 Å². The van der Waals surface area contributed by atoms with E-state index in [2.05, 4.69) is 10.2 Å². The highest BCUT2D eigenvalue weighted by atomic mass is 35.5. The molecule has 0 aromatic carbocycles. The minimum atomic E-state index is -0.146. The van der Waals surface area contributed by atoms with Gasteiger partial charge < -0.3 is 0 Å². The fourth-order valence-electron chi connectivity index (χ4n) is 1.33. The largest absolute Gasteiger partial charge is 0.270 e. The zero-order chi connectivity index (χ0) is 11.7. The lowest BCUT2D eigenvalue weighted by molar-refractivity contribution is 0.0870. The highest BCUT2D eigenvalue weighted by Crippen LogP contribution is 2.11. The van der Waals surface area contributed by atoms with Crippen LogP contribution in [-0.2, 0) is 6.54 Å². The summed E-state index contributed by atoms with van der Waals surface area (Å²) >= 11 is 5.85. The fourth-order valence-corrected chi connectivity index (χ4v) is 1.49. The molecule has 0 atom stereocenters. The van der Waals surface area contributed by atoms with E-state index in [0.29, 0.717) is 10.7 Å². The summed E-state index contributed by atoms with van der Waals surface area (Å²) in [5.74, 6) is -0.146. The summed E-state index contributed by atoms with van der Waals surface area (Å²) in [5, 5.41) is 8.60. The highest BCUT2D eigenvalue weighted by molar-refractivity contribution is 6.31. The molecule has 0 aliphatic rings. The van der Waals surface area contributed by atoms with E-state index in [1.807, 2.05) is 6.92 Å². The zero-order valence-corrected chi connectivity index (χ0v) is 9.77. The fraction of sp³-hybridized carbons (Fsp3) is 0.300. The average Bonchev–Trinajstić information content (AvgIpc) is 2.75. The lowest BCUT2D eigenvalue weighted by Gasteiger charge is -2.00. The highest BCUT2D eigenvalue weighted by Gasteiger charge is 2.09. The van der Waals surface area contributed by atoms with Crippen molar-refractivity contribution in [1.82, 2.24) is 19.6 Å². The number of hydrogen-bond acceptors (Lipinski definition) is 3. The van der Waals surface area contributed by atoms with E-state index in [0.717, 1.165) is 5.56 Å². The number of carbonyl (C=O) groups excluding carboxylic acids is 1. The van der Waals surface area contributed by atoms with Crippen LogP contribution in [0.4, 0.5) is 0 Å². The number of hydrogen-bond donors (Lipinski definition) is 0. The van der Waals surface area contributed by atoms with Crippen LogP contribution in [-0.4, -0.2) is 25.5 Å². The monoisotopic (exact) mass is 238 g/mol. The topological polar surface area (TPSA) is 52.7 Å². The minimum absolute atomic E-state index is 0.134. The SMILES string of the molecule is Cc1cnn(C(=O)Cn2cc(Cl)c(C)n2)c1. The molecular formula is C10H11ClN4O. The van der Waals surface area contributed by atoms with Gasteiger partial charge in [-0.15, -0.1) is 0 Å². The maximum absolute atomic E-state index is 11.7. The first kappa shape index (κ1) is 10.9. The predicted octanol–water partition coefficient (Wildman–Crippen LogP) is 1.69. The minimum Gasteiger partial charge on any atom is -0.270 e. The number of rotatable bonds is 2. The molecule has 6 heteroatoms. The van der Waals surface area contributed by atoms with Crippen molar-refractivity contribution < 1.29 is 4.79 Å². The Balaban J connectivity index is 2.13. The van der Waals surface area contributed by atoms with Crippen LogP contribution < -0.4 is 0 Å². The third-order valence-corrected chi connectivity index (χ3v) is 2.52. The molecule has 0 saturated carbocycles. The van der Waals surface area contributed by atoms with Crippen molar-refractivity contribution in [3.8, 4) is 0 Å². The van der Waals surface area contributed by atoms with E-state index in [9.17, 15) is 4.79 Å². The van der Waals surface area contributed by atoms with Crippen molar-refractivity contribution in [2.24, 2.45) is 0 Å². The normalized spacial score (nSPS) is 10.7. The molecule has 2 aromatic rings. The van der Waals surface area contributed by atoms with E-state index in [1.54, 1.807) is 25.5 Å². The first-order chi connectivity index (χ1) is 7.56. The van der Waals surface area contributed by atoms with Crippen molar-refractivity contribution >= 4 is 17.5 Å². The van der Waals surface area contributed by atoms with Crippen LogP contribution in [0, 0.1) is 13.8 Å². The molecule has 2 aromatic heterocycles. The van der Waals surface area contributed by atoms with E-state index < -0.39 is 0 Å². The van der Waals surface area contributed by atoms with Gasteiger partial charge in [-0.3, -0.25) is 9.48 Å². The molecule has 0 unspecified atom stereocenters. The van der Waals surface area contributed by atoms with Gasteiger partial charge in [0.25, 0.3) is 5.91 Å². The number of halogens is 1. The maximum atomic E-state index is 11.7. The maximum Gasteiger partial charge on any atom is 0.268 e. The van der Waals surface area contributed by atoms with Gasteiger partial charge in [0.15, 0.2) is 0 Å². The lowest BCUT2D eigenvalue weighted by atomic mass is 10.4. The van der Waals surface area contributed by atoms with Gasteiger partial charge in [0.1, 0.15) is 6.54 Å². The molecular weight excluding hydrogens is 228 g/mol. The Morgan fingerprint density at radius 1 is 1.44 bits per heavy atom. The Morgan fingerprint density at radius 2 is 2.19 bits per heavy atom. The standard InChI is InChI=1S/C10H11ClN4O/c1-7-3-12-15(4-7)10(16)6-14-5-9(11)8(2)13-14/h3-5H,6H2,1-2H3. The molecule has 0 saturated heterocycles. The molecule has 0 N–H and O–H groups in total. The van der Waals surface area contributed by atoms with Crippen molar-refractivity contribution in [3.63, 3.8) is 0 Å². The summed E-state index contributed by atoms with van der Waals surface area (Å²) < 4.78 is 2.82. The van der Waals surface area contributed by atoms with Gasteiger partial charge in [-0.05, 0) is 19.4 Å². The van der Waals surface area contributed by atoms with Crippen molar-refractivity contribution in [3.05, 3.63) is 34.9 Å². The molecule has 2 heterocycles. The van der Waals surface area contributed by atoms with Gasteiger partial charge in [-0.25, -0.2) is 4.68 Å². The van der Waals surface area contributed by atoms with Gasteiger partial charge in [0.2, 0.25) is 0 Å². The molecule has 0 amide bonds. The Hall–Kier alpha value is -1.62. The summed E-state index contributed by atoms with van der Waals surface area (Å²) in [6, 6.07) is 0.